The van der Waals surface area contributed by atoms with E-state index < -0.39 is 11.8 Å². The van der Waals surface area contributed by atoms with Gasteiger partial charge in [0.15, 0.2) is 0 Å². The summed E-state index contributed by atoms with van der Waals surface area (Å²) in [5.74, 6) is -1.11. The van der Waals surface area contributed by atoms with Crippen molar-refractivity contribution in [2.45, 2.75) is 23.5 Å². The molecule has 0 radical (unpaired) electrons. The molecule has 0 heterocycles. The Morgan fingerprint density at radius 3 is 1.47 bits per heavy atom. The number of oxime groups is 2. The van der Waals surface area contributed by atoms with Gasteiger partial charge >= 0.3 is 230 Å². The van der Waals surface area contributed by atoms with E-state index in [0.29, 0.717) is 24.2 Å². The third-order valence-corrected chi connectivity index (χ3v) is 12.5. The van der Waals surface area contributed by atoms with Crippen molar-refractivity contribution >= 4 is 72.7 Å². The number of nitrogens with zero attached hydrogens (tertiary/aromatic N) is 2. The van der Waals surface area contributed by atoms with Crippen molar-refractivity contribution in [3.8, 4) is 11.5 Å². The van der Waals surface area contributed by atoms with Gasteiger partial charge in [-0.1, -0.05) is 0 Å². The summed E-state index contributed by atoms with van der Waals surface area (Å²) in [7, 11) is 0. The van der Waals surface area contributed by atoms with Crippen LogP contribution in [0.1, 0.15) is 11.1 Å². The van der Waals surface area contributed by atoms with Gasteiger partial charge in [0.2, 0.25) is 0 Å². The summed E-state index contributed by atoms with van der Waals surface area (Å²) in [5.41, 5.74) is 1.12. The molecule has 0 aromatic heterocycles. The summed E-state index contributed by atoms with van der Waals surface area (Å²) < 4.78 is 0. The molecule has 194 valence electrons. The minimum absolute atomic E-state index is 0.0617. The SMILES string of the molecule is O=C(NCC[Se][Se]CCNC(=O)/C(Cc1ccc(O)c(Cl)c1)=N/O)/C(Cc1ccc(O)c(Cl)c1)=N/O. The molecule has 2 amide bonds. The number of hydrogen-bond donors (Lipinski definition) is 6. The van der Waals surface area contributed by atoms with Crippen LogP contribution >= 0.6 is 23.2 Å². The van der Waals surface area contributed by atoms with Crippen LogP contribution in [0.3, 0.4) is 0 Å². The number of aromatic hydroxyl groups is 2. The zero-order chi connectivity index (χ0) is 26.5. The van der Waals surface area contributed by atoms with Crippen molar-refractivity contribution in [1.29, 1.82) is 0 Å². The molecule has 2 aromatic carbocycles. The summed E-state index contributed by atoms with van der Waals surface area (Å²) in [6.07, 6.45) is 0.131. The Hall–Kier alpha value is -2.46. The van der Waals surface area contributed by atoms with E-state index in [1.165, 1.54) is 24.3 Å². The molecule has 0 saturated heterocycles. The van der Waals surface area contributed by atoms with Gasteiger partial charge in [-0.15, -0.1) is 0 Å². The van der Waals surface area contributed by atoms with E-state index in [-0.39, 0.29) is 72.1 Å². The fourth-order valence-electron chi connectivity index (χ4n) is 2.76. The van der Waals surface area contributed by atoms with Gasteiger partial charge in [0.1, 0.15) is 0 Å². The van der Waals surface area contributed by atoms with Crippen LogP contribution in [0.25, 0.3) is 0 Å². The minimum atomic E-state index is -0.483. The number of hydrogen-bond acceptors (Lipinski definition) is 8. The van der Waals surface area contributed by atoms with E-state index >= 15 is 0 Å². The Bertz CT molecular complexity index is 1050. The van der Waals surface area contributed by atoms with E-state index in [0.717, 1.165) is 10.6 Å². The Morgan fingerprint density at radius 1 is 0.750 bits per heavy atom. The quantitative estimate of drug-likeness (QED) is 0.0630. The van der Waals surface area contributed by atoms with Crippen LogP contribution in [-0.4, -0.2) is 83.2 Å². The molecule has 0 aliphatic rings. The zero-order valence-electron chi connectivity index (χ0n) is 18.8. The number of amides is 2. The molecular weight excluding hydrogens is 645 g/mol. The molecule has 36 heavy (non-hydrogen) atoms. The molecular formula is C22H24Cl2N4O6Se2. The van der Waals surface area contributed by atoms with Crippen LogP contribution in [0, 0.1) is 0 Å². The number of benzene rings is 2. The molecule has 0 atom stereocenters. The van der Waals surface area contributed by atoms with E-state index in [2.05, 4.69) is 20.9 Å². The number of phenols is 2. The number of rotatable bonds is 13. The van der Waals surface area contributed by atoms with Crippen molar-refractivity contribution in [3.05, 3.63) is 57.6 Å². The first-order chi connectivity index (χ1) is 17.2. The fraction of sp³-hybridized carbons (Fsp3) is 0.273. The van der Waals surface area contributed by atoms with Crippen LogP contribution in [0.2, 0.25) is 20.7 Å². The van der Waals surface area contributed by atoms with Gasteiger partial charge in [-0.3, -0.25) is 0 Å². The van der Waals surface area contributed by atoms with E-state index in [4.69, 9.17) is 33.6 Å². The molecule has 0 aliphatic heterocycles. The average Bonchev–Trinajstić information content (AvgIpc) is 2.86. The molecule has 0 unspecified atom stereocenters. The van der Waals surface area contributed by atoms with Crippen molar-refractivity contribution in [2.75, 3.05) is 13.1 Å². The Morgan fingerprint density at radius 2 is 1.14 bits per heavy atom. The van der Waals surface area contributed by atoms with Gasteiger partial charge in [-0.25, -0.2) is 0 Å². The van der Waals surface area contributed by atoms with Crippen molar-refractivity contribution in [3.63, 3.8) is 0 Å². The molecule has 14 heteroatoms. The first-order valence-electron chi connectivity index (χ1n) is 10.4. The van der Waals surface area contributed by atoms with Crippen molar-refractivity contribution in [2.24, 2.45) is 10.3 Å². The van der Waals surface area contributed by atoms with Crippen molar-refractivity contribution < 1.29 is 30.2 Å². The Kier molecular flexibility index (Phi) is 12.9. The Balaban J connectivity index is 1.62. The van der Waals surface area contributed by atoms with Gasteiger partial charge in [0, 0.05) is 0 Å². The second-order valence-corrected chi connectivity index (χ2v) is 15.8. The molecule has 0 aliphatic carbocycles. The Labute approximate surface area is 228 Å². The van der Waals surface area contributed by atoms with Gasteiger partial charge in [0.25, 0.3) is 0 Å². The molecule has 0 fully saturated rings. The third kappa shape index (κ3) is 9.89. The summed E-state index contributed by atoms with van der Waals surface area (Å²) >= 11 is 12.3. The normalized spacial score (nSPS) is 11.8. The van der Waals surface area contributed by atoms with Crippen molar-refractivity contribution in [1.82, 2.24) is 10.6 Å². The predicted octanol–water partition coefficient (Wildman–Crippen LogP) is 2.24. The standard InChI is InChI=1S/C22H24Cl2N4O6Se2/c23-15-9-13(1-3-19(15)29)11-17(27-33)21(31)25-5-7-35-36-8-6-26-22(32)18(28-34)12-14-2-4-20(30)16(24)10-14/h1-4,9-10,29-30,33-34H,5-8,11-12H2,(H,25,31)(H,26,32)/b27-17+,28-18+. The monoisotopic (exact) mass is 670 g/mol. The number of phenolic OH excluding ortho intramolecular Hbond substituents is 2. The first-order valence-corrected chi connectivity index (χ1v) is 17.9. The van der Waals surface area contributed by atoms with E-state index in [1.807, 2.05) is 0 Å². The predicted molar refractivity (Wildman–Crippen MR) is 139 cm³/mol. The number of halogens is 2. The van der Waals surface area contributed by atoms with Crippen LogP contribution in [0.5, 0.6) is 11.5 Å². The molecule has 0 bridgehead atoms. The van der Waals surface area contributed by atoms with Gasteiger partial charge in [-0.2, -0.15) is 0 Å². The van der Waals surface area contributed by atoms with Crippen LogP contribution < -0.4 is 10.6 Å². The third-order valence-electron chi connectivity index (χ3n) is 4.56. The number of carbonyl (C=O) groups excluding carboxylic acids is 2. The number of carbonyl (C=O) groups is 2. The average molecular weight is 669 g/mol. The second kappa shape index (κ2) is 15.6. The maximum absolute atomic E-state index is 12.2. The summed E-state index contributed by atoms with van der Waals surface area (Å²) in [6.45, 7) is 0.859. The second-order valence-electron chi connectivity index (χ2n) is 7.17. The molecule has 2 rings (SSSR count). The summed E-state index contributed by atoms with van der Waals surface area (Å²) in [4.78, 5) is 24.5. The maximum atomic E-state index is 12.2. The van der Waals surface area contributed by atoms with Gasteiger partial charge in [-0.05, 0) is 0 Å². The van der Waals surface area contributed by atoms with E-state index in [1.54, 1.807) is 12.1 Å². The zero-order valence-corrected chi connectivity index (χ0v) is 23.7. The number of nitrogens with one attached hydrogen (secondary N) is 2. The molecule has 0 saturated carbocycles. The fourth-order valence-corrected chi connectivity index (χ4v) is 8.83. The van der Waals surface area contributed by atoms with Gasteiger partial charge < -0.3 is 0 Å². The molecule has 2 aromatic rings. The topological polar surface area (TPSA) is 164 Å². The molecule has 6 N–H and O–H groups in total. The first kappa shape index (κ1) is 29.8. The summed E-state index contributed by atoms with van der Waals surface area (Å²) in [5, 5.41) is 50.7. The molecule has 10 nitrogen and oxygen atoms in total. The van der Waals surface area contributed by atoms with Crippen LogP contribution in [0.4, 0.5) is 0 Å². The van der Waals surface area contributed by atoms with Gasteiger partial charge in [0.05, 0.1) is 0 Å². The molecule has 0 spiro atoms. The van der Waals surface area contributed by atoms with Crippen LogP contribution in [0.15, 0.2) is 46.7 Å². The van der Waals surface area contributed by atoms with E-state index in [9.17, 15) is 19.8 Å². The van der Waals surface area contributed by atoms with Crippen LogP contribution in [-0.2, 0) is 22.4 Å². The summed E-state index contributed by atoms with van der Waals surface area (Å²) in [6, 6.07) is 8.97.